The molecule has 1 N–H and O–H groups in total. The molecule has 0 bridgehead atoms. The molecule has 1 amide bonds. The maximum atomic E-state index is 13.8. The summed E-state index contributed by atoms with van der Waals surface area (Å²) in [5.74, 6) is 0.146. The topological polar surface area (TPSA) is 49.0 Å². The normalized spacial score (nSPS) is 16.0. The zero-order valence-electron chi connectivity index (χ0n) is 22.7. The number of hydrogen-bond acceptors (Lipinski definition) is 2. The number of aromatic amines is 1. The van der Waals surface area contributed by atoms with Gasteiger partial charge in [-0.3, -0.25) is 4.79 Å². The van der Waals surface area contributed by atoms with Gasteiger partial charge in [-0.05, 0) is 39.6 Å². The van der Waals surface area contributed by atoms with Crippen molar-refractivity contribution < 1.29 is 9.28 Å². The number of amides is 1. The Morgan fingerprint density at radius 3 is 2.44 bits per heavy atom. The first-order chi connectivity index (χ1) is 19.2. The molecule has 5 aromatic rings. The van der Waals surface area contributed by atoms with Crippen molar-refractivity contribution in [3.8, 4) is 0 Å². The fraction of sp³-hybridized carbons (Fsp3) is 0.294. The Bertz CT molecular complexity index is 1560. The highest BCUT2D eigenvalue weighted by Crippen LogP contribution is 2.35. The summed E-state index contributed by atoms with van der Waals surface area (Å²) < 4.78 is 0.974. The number of unbranched alkanes of at least 4 members (excludes halogenated alkanes) is 1. The van der Waals surface area contributed by atoms with Gasteiger partial charge < -0.3 is 14.4 Å². The third-order valence-electron chi connectivity index (χ3n) is 8.68. The van der Waals surface area contributed by atoms with E-state index >= 15 is 0 Å². The van der Waals surface area contributed by atoms with Crippen LogP contribution in [0.25, 0.3) is 21.5 Å². The number of piperazine rings is 1. The van der Waals surface area contributed by atoms with Gasteiger partial charge in [0.15, 0.2) is 0 Å². The van der Waals surface area contributed by atoms with Crippen LogP contribution in [0, 0.1) is 0 Å². The van der Waals surface area contributed by atoms with Crippen molar-refractivity contribution in [1.29, 1.82) is 0 Å². The van der Waals surface area contributed by atoms with E-state index in [1.54, 1.807) is 6.33 Å². The maximum Gasteiger partial charge on any atom is 0.254 e. The van der Waals surface area contributed by atoms with E-state index in [1.165, 1.54) is 28.5 Å². The molecule has 198 valence electrons. The van der Waals surface area contributed by atoms with Crippen molar-refractivity contribution >= 4 is 27.5 Å². The van der Waals surface area contributed by atoms with Crippen LogP contribution in [-0.4, -0.2) is 58.0 Å². The van der Waals surface area contributed by atoms with Crippen LogP contribution in [0.15, 0.2) is 97.5 Å². The first-order valence-electron chi connectivity index (χ1n) is 14.3. The first-order valence-corrected chi connectivity index (χ1v) is 14.3. The molecule has 5 nitrogen and oxygen atoms in total. The minimum atomic E-state index is 0.146. The highest BCUT2D eigenvalue weighted by atomic mass is 16.2. The molecule has 1 aliphatic heterocycles. The molecule has 0 aliphatic carbocycles. The van der Waals surface area contributed by atoms with Gasteiger partial charge in [0.2, 0.25) is 0 Å². The third kappa shape index (κ3) is 5.07. The highest BCUT2D eigenvalue weighted by Gasteiger charge is 2.42. The van der Waals surface area contributed by atoms with Crippen molar-refractivity contribution in [2.45, 2.75) is 32.2 Å². The van der Waals surface area contributed by atoms with Gasteiger partial charge in [0.1, 0.15) is 6.04 Å². The Labute approximate surface area is 230 Å². The van der Waals surface area contributed by atoms with E-state index in [4.69, 9.17) is 0 Å². The lowest BCUT2D eigenvalue weighted by molar-refractivity contribution is -0.960. The van der Waals surface area contributed by atoms with Crippen LogP contribution in [0.4, 0.5) is 0 Å². The molecule has 1 saturated heterocycles. The summed E-state index contributed by atoms with van der Waals surface area (Å²) >= 11 is 0. The average Bonchev–Trinajstić information content (AvgIpc) is 3.53. The lowest BCUT2D eigenvalue weighted by Gasteiger charge is -2.49. The summed E-state index contributed by atoms with van der Waals surface area (Å²) in [5.41, 5.74) is 3.34. The number of rotatable bonds is 8. The lowest BCUT2D eigenvalue weighted by atomic mass is 9.95. The van der Waals surface area contributed by atoms with Crippen LogP contribution in [0.2, 0.25) is 0 Å². The minimum Gasteiger partial charge on any atom is -0.344 e. The van der Waals surface area contributed by atoms with E-state index in [0.29, 0.717) is 0 Å². The Balaban J connectivity index is 1.29. The SMILES string of the molecule is CCCC[N+]1([C@@H](Cc2ccc3ccccc3c2)c2cnc[nH]2)CCN(C(=O)c2cccc3ccccc23)CC1. The number of aromatic nitrogens is 2. The Hall–Kier alpha value is -3.96. The molecule has 4 aromatic carbocycles. The molecule has 2 heterocycles. The van der Waals surface area contributed by atoms with Crippen molar-refractivity contribution in [3.63, 3.8) is 0 Å². The summed E-state index contributed by atoms with van der Waals surface area (Å²) in [6.07, 6.45) is 7.07. The van der Waals surface area contributed by atoms with Gasteiger partial charge >= 0.3 is 0 Å². The van der Waals surface area contributed by atoms with Crippen LogP contribution in [0.3, 0.4) is 0 Å². The van der Waals surface area contributed by atoms with Crippen molar-refractivity contribution in [1.82, 2.24) is 14.9 Å². The Morgan fingerprint density at radius 1 is 0.923 bits per heavy atom. The number of H-pyrrole nitrogens is 1. The molecule has 0 spiro atoms. The van der Waals surface area contributed by atoms with Crippen molar-refractivity contribution in [2.24, 2.45) is 0 Å². The quantitative estimate of drug-likeness (QED) is 0.231. The van der Waals surface area contributed by atoms with E-state index in [0.717, 1.165) is 66.4 Å². The van der Waals surface area contributed by atoms with E-state index in [1.807, 2.05) is 30.5 Å². The molecule has 1 fully saturated rings. The van der Waals surface area contributed by atoms with Crippen LogP contribution in [0.1, 0.15) is 47.4 Å². The molecular weight excluding hydrogens is 480 g/mol. The number of carbonyl (C=O) groups is 1. The van der Waals surface area contributed by atoms with E-state index in [2.05, 4.69) is 82.5 Å². The number of fused-ring (bicyclic) bond motifs is 2. The number of nitrogens with one attached hydrogen (secondary N) is 1. The predicted molar refractivity (Wildman–Crippen MR) is 159 cm³/mol. The first kappa shape index (κ1) is 25.3. The number of hydrogen-bond donors (Lipinski definition) is 1. The molecule has 0 radical (unpaired) electrons. The van der Waals surface area contributed by atoms with Crippen molar-refractivity contribution in [2.75, 3.05) is 32.7 Å². The second-order valence-corrected chi connectivity index (χ2v) is 11.0. The summed E-state index contributed by atoms with van der Waals surface area (Å²) in [4.78, 5) is 23.7. The fourth-order valence-corrected chi connectivity index (χ4v) is 6.45. The summed E-state index contributed by atoms with van der Waals surface area (Å²) in [6.45, 7) is 6.76. The summed E-state index contributed by atoms with van der Waals surface area (Å²) in [6, 6.07) is 29.9. The Morgan fingerprint density at radius 2 is 1.67 bits per heavy atom. The predicted octanol–water partition coefficient (Wildman–Crippen LogP) is 6.77. The Kier molecular flexibility index (Phi) is 7.16. The van der Waals surface area contributed by atoms with Gasteiger partial charge in [-0.1, -0.05) is 92.2 Å². The maximum absolute atomic E-state index is 13.8. The number of carbonyl (C=O) groups excluding carboxylic acids is 1. The second kappa shape index (κ2) is 11.0. The molecule has 5 heteroatoms. The summed E-state index contributed by atoms with van der Waals surface area (Å²) in [5, 5.41) is 4.70. The molecule has 1 aromatic heterocycles. The van der Waals surface area contributed by atoms with Gasteiger partial charge in [-0.2, -0.15) is 0 Å². The van der Waals surface area contributed by atoms with Gasteiger partial charge in [0.05, 0.1) is 50.9 Å². The monoisotopic (exact) mass is 517 g/mol. The molecule has 0 unspecified atom stereocenters. The molecule has 0 saturated carbocycles. The van der Waals surface area contributed by atoms with E-state index < -0.39 is 0 Å². The van der Waals surface area contributed by atoms with Crippen LogP contribution < -0.4 is 0 Å². The van der Waals surface area contributed by atoms with Gasteiger partial charge in [-0.15, -0.1) is 0 Å². The van der Waals surface area contributed by atoms with Crippen LogP contribution >= 0.6 is 0 Å². The smallest absolute Gasteiger partial charge is 0.254 e. The zero-order valence-corrected chi connectivity index (χ0v) is 22.7. The van der Waals surface area contributed by atoms with Gasteiger partial charge in [0.25, 0.3) is 5.91 Å². The van der Waals surface area contributed by atoms with Gasteiger partial charge in [0, 0.05) is 12.0 Å². The van der Waals surface area contributed by atoms with Gasteiger partial charge in [-0.25, -0.2) is 4.98 Å². The highest BCUT2D eigenvalue weighted by molar-refractivity contribution is 6.07. The van der Waals surface area contributed by atoms with Crippen LogP contribution in [0.5, 0.6) is 0 Å². The standard InChI is InChI=1S/C34H37N4O/c1-2-3-19-38(20-17-37(18-21-38)34(39)31-14-8-12-28-10-6-7-13-30(28)31)33(32-24-35-25-36-32)23-26-15-16-27-9-4-5-11-29(27)22-26/h4-16,22,24-25,33H,2-3,17-21,23H2,1H3,(H,35,36)/q+1/t33-/m0/s1. The fourth-order valence-electron chi connectivity index (χ4n) is 6.45. The largest absolute Gasteiger partial charge is 0.344 e. The lowest BCUT2D eigenvalue weighted by Crippen LogP contribution is -2.62. The number of quaternary nitrogens is 1. The third-order valence-corrected chi connectivity index (χ3v) is 8.68. The molecular formula is C34H37N4O+. The van der Waals surface area contributed by atoms with E-state index in [-0.39, 0.29) is 11.9 Å². The minimum absolute atomic E-state index is 0.146. The second-order valence-electron chi connectivity index (χ2n) is 11.0. The number of nitrogens with zero attached hydrogens (tertiary/aromatic N) is 3. The summed E-state index contributed by atoms with van der Waals surface area (Å²) in [7, 11) is 0. The van der Waals surface area contributed by atoms with E-state index in [9.17, 15) is 4.79 Å². The zero-order chi connectivity index (χ0) is 26.7. The number of imidazole rings is 1. The molecule has 1 atom stereocenters. The van der Waals surface area contributed by atoms with Crippen molar-refractivity contribution in [3.05, 3.63) is 114 Å². The average molecular weight is 518 g/mol. The number of benzene rings is 4. The molecule has 6 rings (SSSR count). The molecule has 1 aliphatic rings. The molecule has 39 heavy (non-hydrogen) atoms. The van der Waals surface area contributed by atoms with Crippen LogP contribution in [-0.2, 0) is 6.42 Å².